The van der Waals surface area contributed by atoms with Gasteiger partial charge in [-0.2, -0.15) is 0 Å². The van der Waals surface area contributed by atoms with Crippen LogP contribution < -0.4 is 0 Å². The Morgan fingerprint density at radius 3 is 1.18 bits per heavy atom. The van der Waals surface area contributed by atoms with Gasteiger partial charge in [-0.1, -0.05) is 73.5 Å². The Hall–Kier alpha value is -3.52. The molecule has 0 bridgehead atoms. The third-order valence-corrected chi connectivity index (χ3v) is 15.7. The van der Waals surface area contributed by atoms with Gasteiger partial charge in [-0.25, -0.2) is 17.6 Å². The Balaban J connectivity index is 0.000000156. The van der Waals surface area contributed by atoms with E-state index in [1.165, 1.54) is 145 Å². The first-order valence-corrected chi connectivity index (χ1v) is 23.8. The van der Waals surface area contributed by atoms with Crippen molar-refractivity contribution in [2.75, 3.05) is 19.8 Å². The zero-order valence-corrected chi connectivity index (χ0v) is 35.7. The SMILES string of the molecule is Fc1ccc(-c2ccc(C3CCC(C4CCC(CC5CO5)CC4)CC3)cc2)cc1F.Fc1ccc(-c2ccc(C3CCC(C4CCC(OCC5CO5)CC4)CC3)cc2)cc1F. The van der Waals surface area contributed by atoms with E-state index in [2.05, 4.69) is 36.4 Å². The first kappa shape index (κ1) is 42.8. The second-order valence-electron chi connectivity index (χ2n) is 19.5. The van der Waals surface area contributed by atoms with Crippen molar-refractivity contribution in [1.82, 2.24) is 0 Å². The maximum absolute atomic E-state index is 13.5. The van der Waals surface area contributed by atoms with Gasteiger partial charge in [-0.05, 0) is 195 Å². The van der Waals surface area contributed by atoms with Crippen LogP contribution in [0.2, 0.25) is 0 Å². The van der Waals surface area contributed by atoms with Gasteiger partial charge >= 0.3 is 0 Å². The highest BCUT2D eigenvalue weighted by Crippen LogP contribution is 2.46. The molecule has 2 atom stereocenters. The second kappa shape index (κ2) is 19.9. The monoisotopic (exact) mass is 836 g/mol. The zero-order chi connectivity index (χ0) is 41.7. The van der Waals surface area contributed by atoms with Gasteiger partial charge in [0.2, 0.25) is 0 Å². The molecule has 6 aliphatic rings. The van der Waals surface area contributed by atoms with Crippen LogP contribution in [0.1, 0.15) is 132 Å². The molecule has 0 spiro atoms. The van der Waals surface area contributed by atoms with Gasteiger partial charge < -0.3 is 14.2 Å². The van der Waals surface area contributed by atoms with Crippen molar-refractivity contribution < 1.29 is 31.8 Å². The molecule has 61 heavy (non-hydrogen) atoms. The smallest absolute Gasteiger partial charge is 0.159 e. The summed E-state index contributed by atoms with van der Waals surface area (Å²) in [7, 11) is 0. The maximum atomic E-state index is 13.5. The lowest BCUT2D eigenvalue weighted by Crippen LogP contribution is -2.29. The first-order chi connectivity index (χ1) is 29.8. The molecule has 6 fully saturated rings. The maximum Gasteiger partial charge on any atom is 0.159 e. The molecule has 4 aromatic carbocycles. The van der Waals surface area contributed by atoms with Crippen molar-refractivity contribution in [2.45, 2.75) is 139 Å². The van der Waals surface area contributed by atoms with E-state index < -0.39 is 23.3 Å². The number of hydrogen-bond donors (Lipinski definition) is 0. The Bertz CT molecular complexity index is 2000. The average Bonchev–Trinajstić information content (AvgIpc) is 4.26. The van der Waals surface area contributed by atoms with Gasteiger partial charge in [0.1, 0.15) is 6.10 Å². The van der Waals surface area contributed by atoms with E-state index in [1.807, 2.05) is 12.1 Å². The number of rotatable bonds is 11. The Labute approximate surface area is 361 Å². The van der Waals surface area contributed by atoms with Crippen molar-refractivity contribution in [3.05, 3.63) is 119 Å². The molecule has 10 rings (SSSR count). The lowest BCUT2D eigenvalue weighted by atomic mass is 9.68. The predicted octanol–water partition coefficient (Wildman–Crippen LogP) is 14.4. The van der Waals surface area contributed by atoms with E-state index in [-0.39, 0.29) is 0 Å². The number of epoxide rings is 2. The van der Waals surface area contributed by atoms with E-state index in [1.54, 1.807) is 12.1 Å². The van der Waals surface area contributed by atoms with Gasteiger partial charge in [0.25, 0.3) is 0 Å². The summed E-state index contributed by atoms with van der Waals surface area (Å²) in [6.45, 7) is 2.67. The Kier molecular flexibility index (Phi) is 13.9. The standard InChI is InChI=1S/C27H32F2O2.C27H32F2O/c28-26-14-11-23(15-27(26)29)22-7-5-19(6-8-22)18-1-3-20(4-2-18)21-9-12-24(13-10-21)30-16-25-17-31-25;28-26-14-13-24(16-27(26)29)23-11-9-22(10-12-23)21-7-5-20(6-8-21)19-3-1-18(2-4-19)15-25-17-30-25/h5-8,11,14-15,18,20-21,24-25H,1-4,9-10,12-13,16-17H2;9-14,16,18-21,25H,1-8,15,17H2. The molecule has 0 radical (unpaired) electrons. The summed E-state index contributed by atoms with van der Waals surface area (Å²) in [6, 6.07) is 25.1. The molecule has 326 valence electrons. The number of halogens is 4. The van der Waals surface area contributed by atoms with Gasteiger partial charge in [-0.15, -0.1) is 0 Å². The molecule has 0 aromatic heterocycles. The molecule has 2 heterocycles. The molecule has 7 heteroatoms. The molecule has 3 nitrogen and oxygen atoms in total. The summed E-state index contributed by atoms with van der Waals surface area (Å²) in [5, 5.41) is 0. The quantitative estimate of drug-likeness (QED) is 0.111. The topological polar surface area (TPSA) is 34.3 Å². The summed E-state index contributed by atoms with van der Waals surface area (Å²) >= 11 is 0. The van der Waals surface area contributed by atoms with Gasteiger partial charge in [-0.3, -0.25) is 0 Å². The summed E-state index contributed by atoms with van der Waals surface area (Å²) in [5.41, 5.74) is 6.10. The van der Waals surface area contributed by atoms with E-state index >= 15 is 0 Å². The van der Waals surface area contributed by atoms with Gasteiger partial charge in [0.05, 0.1) is 32.0 Å². The van der Waals surface area contributed by atoms with E-state index in [9.17, 15) is 17.6 Å². The van der Waals surface area contributed by atoms with Crippen LogP contribution in [0.4, 0.5) is 17.6 Å². The highest BCUT2D eigenvalue weighted by Gasteiger charge is 2.35. The predicted molar refractivity (Wildman–Crippen MR) is 234 cm³/mol. The normalized spacial score (nSPS) is 31.1. The summed E-state index contributed by atoms with van der Waals surface area (Å²) < 4.78 is 70.1. The minimum atomic E-state index is -0.800. The molecule has 2 saturated heterocycles. The number of hydrogen-bond acceptors (Lipinski definition) is 3. The largest absolute Gasteiger partial charge is 0.375 e. The summed E-state index contributed by atoms with van der Waals surface area (Å²) in [5.74, 6) is 2.60. The highest BCUT2D eigenvalue weighted by molar-refractivity contribution is 5.64. The van der Waals surface area contributed by atoms with Crippen molar-refractivity contribution in [1.29, 1.82) is 0 Å². The average molecular weight is 837 g/mol. The second-order valence-corrected chi connectivity index (χ2v) is 19.5. The minimum Gasteiger partial charge on any atom is -0.375 e. The van der Waals surface area contributed by atoms with Crippen LogP contribution in [0.5, 0.6) is 0 Å². The van der Waals surface area contributed by atoms with Crippen LogP contribution in [-0.2, 0) is 14.2 Å². The van der Waals surface area contributed by atoms with Crippen LogP contribution in [0.15, 0.2) is 84.9 Å². The van der Waals surface area contributed by atoms with Crippen molar-refractivity contribution >= 4 is 0 Å². The molecule has 2 unspecified atom stereocenters. The molecule has 4 saturated carbocycles. The van der Waals surface area contributed by atoms with Crippen molar-refractivity contribution in [3.63, 3.8) is 0 Å². The van der Waals surface area contributed by atoms with Crippen LogP contribution >= 0.6 is 0 Å². The lowest BCUT2D eigenvalue weighted by Gasteiger charge is -2.38. The highest BCUT2D eigenvalue weighted by atomic mass is 19.2. The molecular formula is C54H64F4O3. The summed E-state index contributed by atoms with van der Waals surface area (Å²) in [6.07, 6.45) is 23.9. The van der Waals surface area contributed by atoms with Crippen LogP contribution in [0, 0.1) is 52.9 Å². The van der Waals surface area contributed by atoms with E-state index in [0.717, 1.165) is 71.7 Å². The molecule has 2 aliphatic heterocycles. The fourth-order valence-corrected chi connectivity index (χ4v) is 11.7. The zero-order valence-electron chi connectivity index (χ0n) is 35.7. The van der Waals surface area contributed by atoms with Crippen LogP contribution in [-0.4, -0.2) is 38.1 Å². The number of ether oxygens (including phenoxy) is 3. The minimum absolute atomic E-state index is 0.374. The van der Waals surface area contributed by atoms with E-state index in [0.29, 0.717) is 30.1 Å². The first-order valence-electron chi connectivity index (χ1n) is 23.8. The third-order valence-electron chi connectivity index (χ3n) is 15.7. The van der Waals surface area contributed by atoms with Crippen molar-refractivity contribution in [3.8, 4) is 22.3 Å². The van der Waals surface area contributed by atoms with Crippen LogP contribution in [0.3, 0.4) is 0 Å². The molecule has 4 aliphatic carbocycles. The van der Waals surface area contributed by atoms with Gasteiger partial charge in [0, 0.05) is 0 Å². The fourth-order valence-electron chi connectivity index (χ4n) is 11.7. The summed E-state index contributed by atoms with van der Waals surface area (Å²) in [4.78, 5) is 0. The third kappa shape index (κ3) is 11.4. The number of benzene rings is 4. The molecule has 4 aromatic rings. The lowest BCUT2D eigenvalue weighted by molar-refractivity contribution is 0.00133. The van der Waals surface area contributed by atoms with Crippen LogP contribution in [0.25, 0.3) is 22.3 Å². The molecule has 0 amide bonds. The van der Waals surface area contributed by atoms with Crippen molar-refractivity contribution in [2.24, 2.45) is 29.6 Å². The van der Waals surface area contributed by atoms with Gasteiger partial charge in [0.15, 0.2) is 23.3 Å². The molecular weight excluding hydrogens is 773 g/mol. The Morgan fingerprint density at radius 1 is 0.410 bits per heavy atom. The molecule has 0 N–H and O–H groups in total. The Morgan fingerprint density at radius 2 is 0.787 bits per heavy atom. The van der Waals surface area contributed by atoms with E-state index in [4.69, 9.17) is 14.2 Å². The fraction of sp³-hybridized carbons (Fsp3) is 0.556.